The van der Waals surface area contributed by atoms with Crippen molar-refractivity contribution < 1.29 is 27.5 Å². The van der Waals surface area contributed by atoms with Crippen LogP contribution < -0.4 is 15.4 Å². The maximum Gasteiger partial charge on any atom is 0.422 e. The highest BCUT2D eigenvalue weighted by molar-refractivity contribution is 6.32. The highest BCUT2D eigenvalue weighted by atomic mass is 35.5. The van der Waals surface area contributed by atoms with Crippen LogP contribution in [0.3, 0.4) is 0 Å². The fourth-order valence-electron chi connectivity index (χ4n) is 3.95. The van der Waals surface area contributed by atoms with E-state index < -0.39 is 30.5 Å². The second-order valence-corrected chi connectivity index (χ2v) is 9.29. The van der Waals surface area contributed by atoms with Crippen molar-refractivity contribution in [2.24, 2.45) is 0 Å². The summed E-state index contributed by atoms with van der Waals surface area (Å²) in [5, 5.41) is 9.93. The monoisotopic (exact) mass is 555 g/mol. The van der Waals surface area contributed by atoms with Gasteiger partial charge >= 0.3 is 6.18 Å². The van der Waals surface area contributed by atoms with Gasteiger partial charge in [-0.15, -0.1) is 5.10 Å². The van der Waals surface area contributed by atoms with Gasteiger partial charge < -0.3 is 15.4 Å². The van der Waals surface area contributed by atoms with Crippen LogP contribution in [0.2, 0.25) is 10.0 Å². The van der Waals surface area contributed by atoms with Crippen LogP contribution in [-0.2, 0) is 0 Å². The molecule has 4 rings (SSSR count). The Morgan fingerprint density at radius 3 is 2.54 bits per heavy atom. The summed E-state index contributed by atoms with van der Waals surface area (Å²) in [4.78, 5) is 30.4. The minimum atomic E-state index is -4.61. The molecule has 1 aliphatic rings. The normalized spacial score (nSPS) is 14.3. The lowest BCUT2D eigenvalue weighted by atomic mass is 9.95. The topological polar surface area (TPSA) is 98.1 Å². The van der Waals surface area contributed by atoms with E-state index in [1.165, 1.54) is 30.5 Å². The number of aromatic nitrogens is 3. The molecular formula is C24H22Cl2F3N5O3. The fourth-order valence-corrected chi connectivity index (χ4v) is 4.33. The van der Waals surface area contributed by atoms with Crippen molar-refractivity contribution in [3.05, 3.63) is 63.9 Å². The molecule has 2 heterocycles. The molecule has 1 aliphatic carbocycles. The van der Waals surface area contributed by atoms with E-state index >= 15 is 0 Å². The molecule has 0 unspecified atom stereocenters. The number of carbonyl (C=O) groups is 2. The zero-order chi connectivity index (χ0) is 26.6. The van der Waals surface area contributed by atoms with Gasteiger partial charge in [-0.05, 0) is 43.2 Å². The molecule has 37 heavy (non-hydrogen) atoms. The number of carbonyl (C=O) groups excluding carboxylic acids is 2. The molecule has 0 radical (unpaired) electrons. The van der Waals surface area contributed by atoms with Crippen molar-refractivity contribution in [1.82, 2.24) is 20.1 Å². The highest BCUT2D eigenvalue weighted by Crippen LogP contribution is 2.27. The van der Waals surface area contributed by atoms with Crippen LogP contribution in [0, 0.1) is 0 Å². The Kier molecular flexibility index (Phi) is 8.23. The SMILES string of the molecule is O=C(NC1CCCCC1)c1cc(Cl)ccc1NC(=O)c1cc(OCC(F)(F)F)nn1-c1ncccc1Cl. The number of pyridine rings is 1. The number of nitrogens with one attached hydrogen (secondary N) is 2. The molecule has 1 aromatic carbocycles. The van der Waals surface area contributed by atoms with E-state index in [9.17, 15) is 22.8 Å². The van der Waals surface area contributed by atoms with E-state index in [-0.39, 0.29) is 33.8 Å². The molecule has 2 N–H and O–H groups in total. The zero-order valence-electron chi connectivity index (χ0n) is 19.3. The van der Waals surface area contributed by atoms with Crippen molar-refractivity contribution in [1.29, 1.82) is 0 Å². The van der Waals surface area contributed by atoms with Gasteiger partial charge in [0, 0.05) is 23.3 Å². The lowest BCUT2D eigenvalue weighted by molar-refractivity contribution is -0.154. The number of halogens is 5. The summed E-state index contributed by atoms with van der Waals surface area (Å²) in [6, 6.07) is 8.47. The van der Waals surface area contributed by atoms with E-state index in [0.717, 1.165) is 42.9 Å². The van der Waals surface area contributed by atoms with Gasteiger partial charge in [-0.1, -0.05) is 42.5 Å². The molecule has 13 heteroatoms. The van der Waals surface area contributed by atoms with Crippen molar-refractivity contribution in [3.63, 3.8) is 0 Å². The predicted octanol–water partition coefficient (Wildman–Crippen LogP) is 5.83. The van der Waals surface area contributed by atoms with Crippen LogP contribution >= 0.6 is 23.2 Å². The van der Waals surface area contributed by atoms with Crippen LogP contribution in [-0.4, -0.2) is 45.4 Å². The maximum atomic E-state index is 13.3. The van der Waals surface area contributed by atoms with Gasteiger partial charge in [-0.25, -0.2) is 9.67 Å². The molecule has 0 saturated heterocycles. The fraction of sp³-hybridized carbons (Fsp3) is 0.333. The summed E-state index contributed by atoms with van der Waals surface area (Å²) < 4.78 is 43.7. The average Bonchev–Trinajstić information content (AvgIpc) is 3.29. The number of benzene rings is 1. The Morgan fingerprint density at radius 2 is 1.84 bits per heavy atom. The second-order valence-electron chi connectivity index (χ2n) is 8.44. The molecule has 0 bridgehead atoms. The average molecular weight is 556 g/mol. The predicted molar refractivity (Wildman–Crippen MR) is 132 cm³/mol. The third-order valence-electron chi connectivity index (χ3n) is 5.66. The summed E-state index contributed by atoms with van der Waals surface area (Å²) >= 11 is 12.3. The summed E-state index contributed by atoms with van der Waals surface area (Å²) in [7, 11) is 0. The number of amides is 2. The smallest absolute Gasteiger partial charge is 0.422 e. The van der Waals surface area contributed by atoms with Gasteiger partial charge in [0.05, 0.1) is 16.3 Å². The third kappa shape index (κ3) is 6.92. The van der Waals surface area contributed by atoms with Gasteiger partial charge in [-0.2, -0.15) is 13.2 Å². The molecule has 0 atom stereocenters. The Hall–Kier alpha value is -3.31. The van der Waals surface area contributed by atoms with Crippen molar-refractivity contribution in [3.8, 4) is 11.7 Å². The number of hydrogen-bond donors (Lipinski definition) is 2. The van der Waals surface area contributed by atoms with E-state index in [1.807, 2.05) is 0 Å². The summed E-state index contributed by atoms with van der Waals surface area (Å²) in [6.45, 7) is -1.61. The number of rotatable bonds is 7. The zero-order valence-corrected chi connectivity index (χ0v) is 20.8. The van der Waals surface area contributed by atoms with Crippen LogP contribution in [0.5, 0.6) is 5.88 Å². The first-order chi connectivity index (χ1) is 17.6. The standard InChI is InChI=1S/C24H22Cl2F3N5O3/c25-14-8-9-18(16(11-14)22(35)31-15-5-2-1-3-6-15)32-23(36)19-12-20(37-13-24(27,28)29)33-34(19)21-17(26)7-4-10-30-21/h4,7-12,15H,1-3,5-6,13H2,(H,31,35)(H,32,36). The van der Waals surface area contributed by atoms with E-state index in [2.05, 4.69) is 20.7 Å². The molecule has 0 aliphatic heterocycles. The number of anilines is 1. The lowest BCUT2D eigenvalue weighted by Gasteiger charge is -2.23. The Balaban J connectivity index is 1.63. The molecule has 8 nitrogen and oxygen atoms in total. The first-order valence-corrected chi connectivity index (χ1v) is 12.2. The summed E-state index contributed by atoms with van der Waals surface area (Å²) in [6.07, 6.45) is 1.64. The van der Waals surface area contributed by atoms with Gasteiger partial charge in [0.1, 0.15) is 5.69 Å². The minimum absolute atomic E-state index is 0.00236. The van der Waals surface area contributed by atoms with Gasteiger partial charge in [0.25, 0.3) is 11.8 Å². The highest BCUT2D eigenvalue weighted by Gasteiger charge is 2.30. The second kappa shape index (κ2) is 11.4. The van der Waals surface area contributed by atoms with Crippen molar-refractivity contribution >= 4 is 40.7 Å². The Labute approximate surface area is 220 Å². The largest absolute Gasteiger partial charge is 0.467 e. The van der Waals surface area contributed by atoms with Crippen molar-refractivity contribution in [2.45, 2.75) is 44.3 Å². The van der Waals surface area contributed by atoms with Crippen LogP contribution in [0.1, 0.15) is 53.0 Å². The summed E-state index contributed by atoms with van der Waals surface area (Å²) in [5.74, 6) is -1.65. The Morgan fingerprint density at radius 1 is 1.08 bits per heavy atom. The molecule has 3 aromatic rings. The molecule has 196 valence electrons. The third-order valence-corrected chi connectivity index (χ3v) is 6.19. The van der Waals surface area contributed by atoms with Crippen LogP contribution in [0.15, 0.2) is 42.6 Å². The maximum absolute atomic E-state index is 13.3. The summed E-state index contributed by atoms with van der Waals surface area (Å²) in [5.41, 5.74) is 0.0774. The number of hydrogen-bond acceptors (Lipinski definition) is 5. The Bertz CT molecular complexity index is 1290. The molecule has 0 spiro atoms. The van der Waals surface area contributed by atoms with E-state index in [0.29, 0.717) is 5.02 Å². The molecule has 2 aromatic heterocycles. The molecule has 1 fully saturated rings. The minimum Gasteiger partial charge on any atom is -0.467 e. The quantitative estimate of drug-likeness (QED) is 0.382. The van der Waals surface area contributed by atoms with Gasteiger partial charge in [0.15, 0.2) is 12.4 Å². The molecular weight excluding hydrogens is 534 g/mol. The number of nitrogens with zero attached hydrogens (tertiary/aromatic N) is 3. The van der Waals surface area contributed by atoms with Crippen molar-refractivity contribution in [2.75, 3.05) is 11.9 Å². The first kappa shape index (κ1) is 26.7. The number of ether oxygens (including phenoxy) is 1. The van der Waals surface area contributed by atoms with Gasteiger partial charge in [-0.3, -0.25) is 9.59 Å². The molecule has 1 saturated carbocycles. The van der Waals surface area contributed by atoms with Crippen LogP contribution in [0.25, 0.3) is 5.82 Å². The van der Waals surface area contributed by atoms with E-state index in [4.69, 9.17) is 27.9 Å². The van der Waals surface area contributed by atoms with Gasteiger partial charge in [0.2, 0.25) is 5.88 Å². The van der Waals surface area contributed by atoms with E-state index in [1.54, 1.807) is 6.07 Å². The van der Waals surface area contributed by atoms with Crippen LogP contribution in [0.4, 0.5) is 18.9 Å². The lowest BCUT2D eigenvalue weighted by Crippen LogP contribution is -2.36. The molecule has 2 amide bonds. The first-order valence-electron chi connectivity index (χ1n) is 11.4. The number of alkyl halides is 3.